The second kappa shape index (κ2) is 5.88. The fraction of sp³-hybridized carbons (Fsp3) is 0.312. The molecule has 1 aliphatic rings. The first-order chi connectivity index (χ1) is 11.7. The van der Waals surface area contributed by atoms with Gasteiger partial charge in [-0.05, 0) is 31.9 Å². The van der Waals surface area contributed by atoms with Gasteiger partial charge in [0.15, 0.2) is 5.82 Å². The van der Waals surface area contributed by atoms with E-state index in [9.17, 15) is 4.79 Å². The van der Waals surface area contributed by atoms with Gasteiger partial charge in [0.1, 0.15) is 24.1 Å². The summed E-state index contributed by atoms with van der Waals surface area (Å²) < 4.78 is 6.69. The van der Waals surface area contributed by atoms with Crippen LogP contribution >= 0.6 is 0 Å². The predicted molar refractivity (Wildman–Crippen MR) is 83.4 cm³/mol. The van der Waals surface area contributed by atoms with Gasteiger partial charge in [0.25, 0.3) is 5.91 Å². The summed E-state index contributed by atoms with van der Waals surface area (Å²) in [4.78, 5) is 22.9. The molecule has 4 rings (SSSR count). The van der Waals surface area contributed by atoms with Crippen LogP contribution in [0.3, 0.4) is 0 Å². The molecule has 0 radical (unpaired) electrons. The van der Waals surface area contributed by atoms with Crippen LogP contribution in [0.2, 0.25) is 0 Å². The number of carbonyl (C=O) groups is 1. The molecule has 0 N–H and O–H groups in total. The van der Waals surface area contributed by atoms with Crippen LogP contribution in [0.4, 0.5) is 0 Å². The molecule has 8 heteroatoms. The number of hydrogen-bond donors (Lipinski definition) is 0. The number of rotatable bonds is 3. The Balaban J connectivity index is 1.62. The van der Waals surface area contributed by atoms with Crippen LogP contribution in [-0.2, 0) is 0 Å². The van der Waals surface area contributed by atoms with Gasteiger partial charge in [-0.25, -0.2) is 14.6 Å². The molecular formula is C16H16N6O2. The summed E-state index contributed by atoms with van der Waals surface area (Å²) >= 11 is 0. The lowest BCUT2D eigenvalue weighted by molar-refractivity contribution is 0.0730. The van der Waals surface area contributed by atoms with Gasteiger partial charge in [0.05, 0.1) is 6.04 Å². The Hall–Kier alpha value is -3.03. The fourth-order valence-electron chi connectivity index (χ4n) is 3.03. The summed E-state index contributed by atoms with van der Waals surface area (Å²) in [6.45, 7) is 2.56. The van der Waals surface area contributed by atoms with E-state index in [1.807, 2.05) is 17.9 Å². The van der Waals surface area contributed by atoms with Crippen molar-refractivity contribution in [3.05, 3.63) is 54.1 Å². The van der Waals surface area contributed by atoms with Gasteiger partial charge in [-0.3, -0.25) is 4.79 Å². The van der Waals surface area contributed by atoms with Gasteiger partial charge in [-0.15, -0.1) is 0 Å². The van der Waals surface area contributed by atoms with Gasteiger partial charge < -0.3 is 9.42 Å². The summed E-state index contributed by atoms with van der Waals surface area (Å²) in [5.74, 6) is 1.27. The smallest absolute Gasteiger partial charge is 0.254 e. The highest BCUT2D eigenvalue weighted by Crippen LogP contribution is 2.32. The third kappa shape index (κ3) is 2.55. The third-order valence-electron chi connectivity index (χ3n) is 4.15. The van der Waals surface area contributed by atoms with Gasteiger partial charge >= 0.3 is 0 Å². The van der Waals surface area contributed by atoms with Crippen molar-refractivity contribution < 1.29 is 9.32 Å². The first kappa shape index (κ1) is 14.6. The average Bonchev–Trinajstić information content (AvgIpc) is 3.35. The van der Waals surface area contributed by atoms with Crippen LogP contribution < -0.4 is 0 Å². The number of pyridine rings is 1. The molecular weight excluding hydrogens is 308 g/mol. The van der Waals surface area contributed by atoms with E-state index < -0.39 is 0 Å². The van der Waals surface area contributed by atoms with Crippen molar-refractivity contribution in [2.75, 3.05) is 6.54 Å². The van der Waals surface area contributed by atoms with E-state index in [4.69, 9.17) is 4.52 Å². The molecule has 0 spiro atoms. The molecule has 0 saturated carbocycles. The monoisotopic (exact) mass is 324 g/mol. The average molecular weight is 324 g/mol. The van der Waals surface area contributed by atoms with Crippen molar-refractivity contribution in [2.45, 2.75) is 25.8 Å². The number of hydrogen-bond acceptors (Lipinski definition) is 6. The van der Waals surface area contributed by atoms with E-state index in [-0.39, 0.29) is 11.9 Å². The SMILES string of the molecule is Cc1cc([C@H]2CCCN2C(=O)c2ccnc(-n3cncn3)c2)no1. The fourth-order valence-corrected chi connectivity index (χ4v) is 3.03. The lowest BCUT2D eigenvalue weighted by Gasteiger charge is -2.23. The maximum absolute atomic E-state index is 13.0. The molecule has 0 aliphatic carbocycles. The van der Waals surface area contributed by atoms with Gasteiger partial charge in [0, 0.05) is 24.4 Å². The normalized spacial score (nSPS) is 17.4. The van der Waals surface area contributed by atoms with E-state index >= 15 is 0 Å². The zero-order chi connectivity index (χ0) is 16.5. The Morgan fingerprint density at radius 3 is 3.04 bits per heavy atom. The number of carbonyl (C=O) groups excluding carboxylic acids is 1. The zero-order valence-electron chi connectivity index (χ0n) is 13.2. The maximum Gasteiger partial charge on any atom is 0.254 e. The number of aryl methyl sites for hydroxylation is 1. The zero-order valence-corrected chi connectivity index (χ0v) is 13.2. The lowest BCUT2D eigenvalue weighted by Crippen LogP contribution is -2.30. The summed E-state index contributed by atoms with van der Waals surface area (Å²) in [6, 6.07) is 5.29. The van der Waals surface area contributed by atoms with Crippen molar-refractivity contribution in [1.29, 1.82) is 0 Å². The molecule has 1 fully saturated rings. The van der Waals surface area contributed by atoms with Crippen molar-refractivity contribution in [1.82, 2.24) is 29.8 Å². The van der Waals surface area contributed by atoms with E-state index in [2.05, 4.69) is 20.2 Å². The highest BCUT2D eigenvalue weighted by Gasteiger charge is 2.32. The Bertz CT molecular complexity index is 857. The van der Waals surface area contributed by atoms with Crippen LogP contribution in [0.1, 0.15) is 40.7 Å². The van der Waals surface area contributed by atoms with E-state index in [0.29, 0.717) is 17.9 Å². The topological polar surface area (TPSA) is 89.9 Å². The maximum atomic E-state index is 13.0. The number of amides is 1. The lowest BCUT2D eigenvalue weighted by atomic mass is 10.1. The van der Waals surface area contributed by atoms with Gasteiger partial charge in [0.2, 0.25) is 0 Å². The van der Waals surface area contributed by atoms with Gasteiger partial charge in [-0.2, -0.15) is 5.10 Å². The molecule has 3 aromatic heterocycles. The summed E-state index contributed by atoms with van der Waals surface area (Å²) in [5, 5.41) is 8.12. The van der Waals surface area contributed by atoms with Crippen LogP contribution in [0.15, 0.2) is 41.6 Å². The molecule has 122 valence electrons. The third-order valence-corrected chi connectivity index (χ3v) is 4.15. The Morgan fingerprint density at radius 1 is 1.38 bits per heavy atom. The van der Waals surface area contributed by atoms with Crippen molar-refractivity contribution in [3.63, 3.8) is 0 Å². The van der Waals surface area contributed by atoms with E-state index in [1.165, 1.54) is 11.0 Å². The quantitative estimate of drug-likeness (QED) is 0.731. The number of nitrogens with zero attached hydrogens (tertiary/aromatic N) is 6. The highest BCUT2D eigenvalue weighted by molar-refractivity contribution is 5.95. The second-order valence-electron chi connectivity index (χ2n) is 5.76. The van der Waals surface area contributed by atoms with Crippen LogP contribution in [0.25, 0.3) is 5.82 Å². The Labute approximate surface area is 138 Å². The highest BCUT2D eigenvalue weighted by atomic mass is 16.5. The first-order valence-electron chi connectivity index (χ1n) is 7.77. The molecule has 4 heterocycles. The van der Waals surface area contributed by atoms with Crippen molar-refractivity contribution in [2.24, 2.45) is 0 Å². The van der Waals surface area contributed by atoms with Crippen LogP contribution in [0, 0.1) is 6.92 Å². The van der Waals surface area contributed by atoms with Crippen LogP contribution in [0.5, 0.6) is 0 Å². The molecule has 24 heavy (non-hydrogen) atoms. The Kier molecular flexibility index (Phi) is 3.56. The summed E-state index contributed by atoms with van der Waals surface area (Å²) in [7, 11) is 0. The van der Waals surface area contributed by atoms with E-state index in [0.717, 1.165) is 24.3 Å². The predicted octanol–water partition coefficient (Wildman–Crippen LogP) is 1.94. The minimum absolute atomic E-state index is 0.0399. The molecule has 3 aromatic rings. The van der Waals surface area contributed by atoms with Crippen molar-refractivity contribution in [3.8, 4) is 5.82 Å². The largest absolute Gasteiger partial charge is 0.361 e. The number of aromatic nitrogens is 5. The Morgan fingerprint density at radius 2 is 2.29 bits per heavy atom. The minimum atomic E-state index is -0.0436. The molecule has 1 saturated heterocycles. The molecule has 1 atom stereocenters. The molecule has 1 aliphatic heterocycles. The number of likely N-dealkylation sites (tertiary alicyclic amines) is 1. The van der Waals surface area contributed by atoms with Crippen LogP contribution in [-0.4, -0.2) is 42.3 Å². The molecule has 0 aromatic carbocycles. The molecule has 0 unspecified atom stereocenters. The second-order valence-corrected chi connectivity index (χ2v) is 5.76. The van der Waals surface area contributed by atoms with Gasteiger partial charge in [-0.1, -0.05) is 5.16 Å². The first-order valence-corrected chi connectivity index (χ1v) is 7.77. The summed E-state index contributed by atoms with van der Waals surface area (Å²) in [5.41, 5.74) is 1.38. The van der Waals surface area contributed by atoms with E-state index in [1.54, 1.807) is 24.7 Å². The molecule has 8 nitrogen and oxygen atoms in total. The molecule has 1 amide bonds. The van der Waals surface area contributed by atoms with Crippen molar-refractivity contribution >= 4 is 5.91 Å². The minimum Gasteiger partial charge on any atom is -0.361 e. The molecule has 0 bridgehead atoms. The standard InChI is InChI=1S/C16H16N6O2/c1-11-7-13(20-24-11)14-3-2-6-21(14)16(23)12-4-5-18-15(8-12)22-10-17-9-19-22/h4-5,7-10,14H,2-3,6H2,1H3/t14-/m1/s1. The summed E-state index contributed by atoms with van der Waals surface area (Å²) in [6.07, 6.45) is 6.42.